The summed E-state index contributed by atoms with van der Waals surface area (Å²) in [5.41, 5.74) is 0. The van der Waals surface area contributed by atoms with E-state index >= 15 is 0 Å². The number of rotatable bonds is 7. The third kappa shape index (κ3) is 5.47. The average molecular weight is 303 g/mol. The number of carbonyl (C=O) groups excluding carboxylic acids is 3. The summed E-state index contributed by atoms with van der Waals surface area (Å²) in [6.45, 7) is 0.600. The highest BCUT2D eigenvalue weighted by molar-refractivity contribution is 8.00. The molecule has 112 valence electrons. The second-order valence-corrected chi connectivity index (χ2v) is 5.29. The molecule has 0 aliphatic carbocycles. The molecule has 0 atom stereocenters. The van der Waals surface area contributed by atoms with Crippen LogP contribution in [-0.4, -0.2) is 83.3 Å². The van der Waals surface area contributed by atoms with Crippen molar-refractivity contribution in [3.63, 3.8) is 0 Å². The molecule has 1 saturated heterocycles. The Morgan fingerprint density at radius 2 is 1.95 bits per heavy atom. The van der Waals surface area contributed by atoms with Gasteiger partial charge in [0.05, 0.1) is 24.6 Å². The first kappa shape index (κ1) is 16.3. The summed E-state index contributed by atoms with van der Waals surface area (Å²) in [4.78, 5) is 47.4. The molecule has 3 amide bonds. The minimum Gasteiger partial charge on any atom is -0.481 e. The maximum absolute atomic E-state index is 11.6. The molecule has 1 rings (SSSR count). The number of hydrogen-bond acceptors (Lipinski definition) is 5. The highest BCUT2D eigenvalue weighted by atomic mass is 32.2. The Balaban J connectivity index is 2.20. The van der Waals surface area contributed by atoms with Crippen LogP contribution in [0, 0.1) is 0 Å². The van der Waals surface area contributed by atoms with E-state index in [0.29, 0.717) is 0 Å². The molecule has 0 unspecified atom stereocenters. The van der Waals surface area contributed by atoms with Gasteiger partial charge in [0.25, 0.3) is 0 Å². The first-order valence-electron chi connectivity index (χ1n) is 5.98. The number of likely N-dealkylation sites (N-methyl/N-ethyl adjacent to an activating group) is 1. The number of carboxylic acids is 1. The molecule has 1 fully saturated rings. The summed E-state index contributed by atoms with van der Waals surface area (Å²) < 4.78 is 0. The maximum Gasteiger partial charge on any atom is 0.313 e. The smallest absolute Gasteiger partial charge is 0.313 e. The van der Waals surface area contributed by atoms with Crippen LogP contribution < -0.4 is 5.32 Å². The van der Waals surface area contributed by atoms with Crippen LogP contribution in [0.1, 0.15) is 0 Å². The lowest BCUT2D eigenvalue weighted by molar-refractivity contribution is -0.148. The largest absolute Gasteiger partial charge is 0.481 e. The lowest BCUT2D eigenvalue weighted by atomic mass is 10.3. The zero-order chi connectivity index (χ0) is 15.1. The maximum atomic E-state index is 11.6. The van der Waals surface area contributed by atoms with Crippen molar-refractivity contribution < 1.29 is 24.3 Å². The van der Waals surface area contributed by atoms with Gasteiger partial charge in [0, 0.05) is 20.1 Å². The molecule has 0 radical (unpaired) electrons. The van der Waals surface area contributed by atoms with Crippen molar-refractivity contribution in [2.75, 3.05) is 44.7 Å². The summed E-state index contributed by atoms with van der Waals surface area (Å²) in [5, 5.41) is 11.0. The standard InChI is InChI=1S/C11H17N3O5S/c1-13-4-10(17)14(5-9(13)16)3-2-12-8(15)6-20-7-11(18)19/h2-7H2,1H3,(H,12,15)(H,18,19). The summed E-state index contributed by atoms with van der Waals surface area (Å²) >= 11 is 1.00. The Bertz CT molecular complexity index is 415. The van der Waals surface area contributed by atoms with Crippen LogP contribution in [0.2, 0.25) is 0 Å². The van der Waals surface area contributed by atoms with Crippen molar-refractivity contribution in [2.24, 2.45) is 0 Å². The molecule has 1 aliphatic heterocycles. The third-order valence-electron chi connectivity index (χ3n) is 2.64. The Labute approximate surface area is 120 Å². The monoisotopic (exact) mass is 303 g/mol. The zero-order valence-electron chi connectivity index (χ0n) is 11.1. The highest BCUT2D eigenvalue weighted by Crippen LogP contribution is 2.02. The number of thioether (sulfide) groups is 1. The van der Waals surface area contributed by atoms with E-state index in [-0.39, 0.29) is 55.4 Å². The van der Waals surface area contributed by atoms with Crippen molar-refractivity contribution in [3.8, 4) is 0 Å². The van der Waals surface area contributed by atoms with Crippen LogP contribution >= 0.6 is 11.8 Å². The highest BCUT2D eigenvalue weighted by Gasteiger charge is 2.26. The minimum absolute atomic E-state index is 0.0268. The lowest BCUT2D eigenvalue weighted by Crippen LogP contribution is -2.53. The Morgan fingerprint density at radius 1 is 1.25 bits per heavy atom. The number of nitrogens with one attached hydrogen (secondary N) is 1. The quantitative estimate of drug-likeness (QED) is 0.576. The fourth-order valence-corrected chi connectivity index (χ4v) is 2.14. The van der Waals surface area contributed by atoms with Gasteiger partial charge in [0.2, 0.25) is 17.7 Å². The van der Waals surface area contributed by atoms with Gasteiger partial charge in [0.1, 0.15) is 0 Å². The average Bonchev–Trinajstić information content (AvgIpc) is 2.35. The molecule has 1 aliphatic rings. The van der Waals surface area contributed by atoms with Gasteiger partial charge in [0.15, 0.2) is 0 Å². The van der Waals surface area contributed by atoms with E-state index < -0.39 is 5.97 Å². The molecule has 8 nitrogen and oxygen atoms in total. The Morgan fingerprint density at radius 3 is 2.60 bits per heavy atom. The molecule has 1 heterocycles. The van der Waals surface area contributed by atoms with Gasteiger partial charge < -0.3 is 20.2 Å². The lowest BCUT2D eigenvalue weighted by Gasteiger charge is -2.31. The molecular weight excluding hydrogens is 286 g/mol. The van der Waals surface area contributed by atoms with Gasteiger partial charge in [-0.2, -0.15) is 0 Å². The second kappa shape index (κ2) is 7.73. The summed E-state index contributed by atoms with van der Waals surface area (Å²) in [5.74, 6) is -1.61. The molecule has 0 aromatic rings. The van der Waals surface area contributed by atoms with Gasteiger partial charge in [-0.15, -0.1) is 11.8 Å². The number of nitrogens with zero attached hydrogens (tertiary/aromatic N) is 2. The van der Waals surface area contributed by atoms with Crippen LogP contribution in [0.3, 0.4) is 0 Å². The number of amides is 3. The molecule has 0 spiro atoms. The molecule has 0 bridgehead atoms. The van der Waals surface area contributed by atoms with Crippen molar-refractivity contribution in [1.29, 1.82) is 0 Å². The van der Waals surface area contributed by atoms with E-state index in [1.807, 2.05) is 0 Å². The molecule has 0 aromatic carbocycles. The van der Waals surface area contributed by atoms with Crippen LogP contribution in [0.4, 0.5) is 0 Å². The van der Waals surface area contributed by atoms with Gasteiger partial charge in [-0.05, 0) is 0 Å². The SMILES string of the molecule is CN1CC(=O)N(CCNC(=O)CSCC(=O)O)CC1=O. The van der Waals surface area contributed by atoms with Crippen molar-refractivity contribution in [1.82, 2.24) is 15.1 Å². The van der Waals surface area contributed by atoms with Crippen LogP contribution in [0.25, 0.3) is 0 Å². The molecule has 9 heteroatoms. The predicted octanol–water partition coefficient (Wildman–Crippen LogP) is -1.78. The van der Waals surface area contributed by atoms with Gasteiger partial charge in [-0.1, -0.05) is 0 Å². The fraction of sp³-hybridized carbons (Fsp3) is 0.636. The molecule has 0 aromatic heterocycles. The molecular formula is C11H17N3O5S. The van der Waals surface area contributed by atoms with Gasteiger partial charge >= 0.3 is 5.97 Å². The van der Waals surface area contributed by atoms with E-state index in [1.165, 1.54) is 9.80 Å². The summed E-state index contributed by atoms with van der Waals surface area (Å²) in [6, 6.07) is 0. The number of piperazine rings is 1. The van der Waals surface area contributed by atoms with E-state index in [9.17, 15) is 19.2 Å². The van der Waals surface area contributed by atoms with Crippen molar-refractivity contribution in [3.05, 3.63) is 0 Å². The first-order valence-corrected chi connectivity index (χ1v) is 7.13. The molecule has 2 N–H and O–H groups in total. The fourth-order valence-electron chi connectivity index (χ4n) is 1.58. The van der Waals surface area contributed by atoms with Crippen LogP contribution in [-0.2, 0) is 19.2 Å². The number of aliphatic carboxylic acids is 1. The Kier molecular flexibility index (Phi) is 6.29. The van der Waals surface area contributed by atoms with Gasteiger partial charge in [-0.3, -0.25) is 19.2 Å². The normalized spacial score (nSPS) is 15.4. The number of carboxylic acid groups (broad SMARTS) is 1. The van der Waals surface area contributed by atoms with Crippen LogP contribution in [0.15, 0.2) is 0 Å². The zero-order valence-corrected chi connectivity index (χ0v) is 11.9. The number of carbonyl (C=O) groups is 4. The van der Waals surface area contributed by atoms with E-state index in [0.717, 1.165) is 11.8 Å². The summed E-state index contributed by atoms with van der Waals surface area (Å²) in [6.07, 6.45) is 0. The third-order valence-corrected chi connectivity index (χ3v) is 3.56. The van der Waals surface area contributed by atoms with E-state index in [2.05, 4.69) is 5.32 Å². The molecule has 20 heavy (non-hydrogen) atoms. The van der Waals surface area contributed by atoms with Crippen molar-refractivity contribution in [2.45, 2.75) is 0 Å². The van der Waals surface area contributed by atoms with E-state index in [4.69, 9.17) is 5.11 Å². The summed E-state index contributed by atoms with van der Waals surface area (Å²) in [7, 11) is 1.57. The second-order valence-electron chi connectivity index (χ2n) is 4.30. The van der Waals surface area contributed by atoms with Crippen LogP contribution in [0.5, 0.6) is 0 Å². The van der Waals surface area contributed by atoms with Gasteiger partial charge in [-0.25, -0.2) is 0 Å². The Hall–Kier alpha value is -1.77. The topological polar surface area (TPSA) is 107 Å². The van der Waals surface area contributed by atoms with Crippen molar-refractivity contribution >= 4 is 35.5 Å². The first-order chi connectivity index (χ1) is 9.40. The predicted molar refractivity (Wildman–Crippen MR) is 72.2 cm³/mol. The van der Waals surface area contributed by atoms with E-state index in [1.54, 1.807) is 7.05 Å². The number of hydrogen-bond donors (Lipinski definition) is 2. The minimum atomic E-state index is -0.968. The molecule has 0 saturated carbocycles.